The fraction of sp³-hybridized carbons (Fsp3) is 0.500. The van der Waals surface area contributed by atoms with Crippen LogP contribution in [0.4, 0.5) is 0 Å². The van der Waals surface area contributed by atoms with Crippen molar-refractivity contribution in [2.45, 2.75) is 40.2 Å². The van der Waals surface area contributed by atoms with Crippen molar-refractivity contribution in [2.75, 3.05) is 6.61 Å². The van der Waals surface area contributed by atoms with E-state index in [0.29, 0.717) is 12.2 Å². The summed E-state index contributed by atoms with van der Waals surface area (Å²) in [5.74, 6) is 0.818. The molecule has 1 N–H and O–H groups in total. The molecule has 0 aliphatic heterocycles. The minimum atomic E-state index is -0.0227. The van der Waals surface area contributed by atoms with Crippen LogP contribution in [0.3, 0.4) is 0 Å². The fourth-order valence-corrected chi connectivity index (χ4v) is 1.52. The monoisotopic (exact) mass is 235 g/mol. The van der Waals surface area contributed by atoms with E-state index < -0.39 is 0 Å². The van der Waals surface area contributed by atoms with Crippen LogP contribution in [0.25, 0.3) is 0 Å². The molecule has 0 heterocycles. The van der Waals surface area contributed by atoms with Crippen molar-refractivity contribution in [3.8, 4) is 5.75 Å². The number of benzene rings is 1. The SMILES string of the molecule is CCOc1ccc(C(=O)NC(C)CC)cc1C. The van der Waals surface area contributed by atoms with E-state index in [0.717, 1.165) is 17.7 Å². The Labute approximate surface area is 103 Å². The van der Waals surface area contributed by atoms with Gasteiger partial charge in [0.25, 0.3) is 5.91 Å². The number of carbonyl (C=O) groups excluding carboxylic acids is 1. The van der Waals surface area contributed by atoms with Gasteiger partial charge >= 0.3 is 0 Å². The summed E-state index contributed by atoms with van der Waals surface area (Å²) in [6.07, 6.45) is 0.932. The quantitative estimate of drug-likeness (QED) is 0.852. The summed E-state index contributed by atoms with van der Waals surface area (Å²) >= 11 is 0. The third kappa shape index (κ3) is 3.77. The molecule has 17 heavy (non-hydrogen) atoms. The highest BCUT2D eigenvalue weighted by Gasteiger charge is 2.10. The molecule has 1 aromatic carbocycles. The van der Waals surface area contributed by atoms with Crippen LogP contribution in [0, 0.1) is 6.92 Å². The van der Waals surface area contributed by atoms with Crippen LogP contribution in [0.1, 0.15) is 43.1 Å². The number of nitrogens with one attached hydrogen (secondary N) is 1. The third-order valence-corrected chi connectivity index (χ3v) is 2.73. The maximum Gasteiger partial charge on any atom is 0.251 e. The molecule has 0 saturated carbocycles. The lowest BCUT2D eigenvalue weighted by atomic mass is 10.1. The Morgan fingerprint density at radius 3 is 2.65 bits per heavy atom. The molecule has 1 aromatic rings. The van der Waals surface area contributed by atoms with Crippen molar-refractivity contribution < 1.29 is 9.53 Å². The van der Waals surface area contributed by atoms with Crippen LogP contribution in [-0.4, -0.2) is 18.6 Å². The van der Waals surface area contributed by atoms with Crippen molar-refractivity contribution in [3.63, 3.8) is 0 Å². The summed E-state index contributed by atoms with van der Waals surface area (Å²) in [7, 11) is 0. The van der Waals surface area contributed by atoms with Gasteiger partial charge in [-0.05, 0) is 51.0 Å². The van der Waals surface area contributed by atoms with Crippen LogP contribution in [0.5, 0.6) is 5.75 Å². The van der Waals surface area contributed by atoms with Gasteiger partial charge in [0, 0.05) is 11.6 Å². The normalized spacial score (nSPS) is 12.0. The van der Waals surface area contributed by atoms with Crippen LogP contribution >= 0.6 is 0 Å². The van der Waals surface area contributed by atoms with Gasteiger partial charge in [-0.15, -0.1) is 0 Å². The fourth-order valence-electron chi connectivity index (χ4n) is 1.52. The average Bonchev–Trinajstić information content (AvgIpc) is 2.31. The van der Waals surface area contributed by atoms with E-state index in [2.05, 4.69) is 5.32 Å². The second-order valence-corrected chi connectivity index (χ2v) is 4.20. The van der Waals surface area contributed by atoms with Gasteiger partial charge in [0.1, 0.15) is 5.75 Å². The summed E-state index contributed by atoms with van der Waals surface area (Å²) in [4.78, 5) is 11.9. The Bertz CT molecular complexity index is 388. The largest absolute Gasteiger partial charge is 0.494 e. The van der Waals surface area contributed by atoms with E-state index in [4.69, 9.17) is 4.74 Å². The van der Waals surface area contributed by atoms with E-state index in [-0.39, 0.29) is 11.9 Å². The van der Waals surface area contributed by atoms with Crippen LogP contribution in [0.15, 0.2) is 18.2 Å². The minimum absolute atomic E-state index is 0.0227. The highest BCUT2D eigenvalue weighted by Crippen LogP contribution is 2.19. The van der Waals surface area contributed by atoms with Crippen LogP contribution in [-0.2, 0) is 0 Å². The number of hydrogen-bond donors (Lipinski definition) is 1. The lowest BCUT2D eigenvalue weighted by Crippen LogP contribution is -2.31. The Morgan fingerprint density at radius 2 is 2.12 bits per heavy atom. The number of rotatable bonds is 5. The van der Waals surface area contributed by atoms with Gasteiger partial charge in [-0.3, -0.25) is 4.79 Å². The molecule has 1 unspecified atom stereocenters. The van der Waals surface area contributed by atoms with Gasteiger partial charge in [-0.2, -0.15) is 0 Å². The standard InChI is InChI=1S/C14H21NO2/c1-5-11(4)15-14(16)12-7-8-13(17-6-2)10(3)9-12/h7-9,11H,5-6H2,1-4H3,(H,15,16). The summed E-state index contributed by atoms with van der Waals surface area (Å²) in [6.45, 7) is 8.58. The zero-order valence-corrected chi connectivity index (χ0v) is 11.0. The molecule has 0 aliphatic carbocycles. The number of aryl methyl sites for hydroxylation is 1. The third-order valence-electron chi connectivity index (χ3n) is 2.73. The first-order valence-electron chi connectivity index (χ1n) is 6.12. The Hall–Kier alpha value is -1.51. The van der Waals surface area contributed by atoms with E-state index in [1.807, 2.05) is 39.8 Å². The average molecular weight is 235 g/mol. The van der Waals surface area contributed by atoms with E-state index in [9.17, 15) is 4.79 Å². The number of carbonyl (C=O) groups is 1. The molecule has 0 radical (unpaired) electrons. The predicted octanol–water partition coefficient (Wildman–Crippen LogP) is 2.92. The minimum Gasteiger partial charge on any atom is -0.494 e. The van der Waals surface area contributed by atoms with Gasteiger partial charge < -0.3 is 10.1 Å². The first kappa shape index (κ1) is 13.6. The number of hydrogen-bond acceptors (Lipinski definition) is 2. The lowest BCUT2D eigenvalue weighted by Gasteiger charge is -2.13. The maximum absolute atomic E-state index is 11.9. The molecule has 3 nitrogen and oxygen atoms in total. The smallest absolute Gasteiger partial charge is 0.251 e. The Balaban J connectivity index is 2.79. The van der Waals surface area contributed by atoms with Crippen LogP contribution in [0.2, 0.25) is 0 Å². The molecule has 1 rings (SSSR count). The maximum atomic E-state index is 11.9. The first-order chi connectivity index (χ1) is 8.08. The molecule has 0 bridgehead atoms. The second-order valence-electron chi connectivity index (χ2n) is 4.20. The topological polar surface area (TPSA) is 38.3 Å². The van der Waals surface area contributed by atoms with Gasteiger partial charge in [0.2, 0.25) is 0 Å². The predicted molar refractivity (Wildman–Crippen MR) is 69.6 cm³/mol. The molecular weight excluding hydrogens is 214 g/mol. The molecule has 3 heteroatoms. The van der Waals surface area contributed by atoms with Gasteiger partial charge in [-0.25, -0.2) is 0 Å². The first-order valence-corrected chi connectivity index (χ1v) is 6.12. The summed E-state index contributed by atoms with van der Waals surface area (Å²) < 4.78 is 5.44. The van der Waals surface area contributed by atoms with E-state index >= 15 is 0 Å². The second kappa shape index (κ2) is 6.28. The molecule has 0 spiro atoms. The zero-order valence-electron chi connectivity index (χ0n) is 11.0. The highest BCUT2D eigenvalue weighted by atomic mass is 16.5. The van der Waals surface area contributed by atoms with Crippen molar-refractivity contribution in [3.05, 3.63) is 29.3 Å². The molecule has 94 valence electrons. The molecule has 1 atom stereocenters. The molecule has 0 aliphatic rings. The van der Waals surface area contributed by atoms with Crippen molar-refractivity contribution in [1.29, 1.82) is 0 Å². The highest BCUT2D eigenvalue weighted by molar-refractivity contribution is 5.94. The summed E-state index contributed by atoms with van der Waals surface area (Å²) in [5.41, 5.74) is 1.68. The summed E-state index contributed by atoms with van der Waals surface area (Å²) in [5, 5.41) is 2.94. The molecule has 0 aromatic heterocycles. The molecular formula is C14H21NO2. The van der Waals surface area contributed by atoms with E-state index in [1.165, 1.54) is 0 Å². The van der Waals surface area contributed by atoms with Crippen molar-refractivity contribution >= 4 is 5.91 Å². The van der Waals surface area contributed by atoms with Crippen molar-refractivity contribution in [2.24, 2.45) is 0 Å². The van der Waals surface area contributed by atoms with E-state index in [1.54, 1.807) is 6.07 Å². The zero-order chi connectivity index (χ0) is 12.8. The van der Waals surface area contributed by atoms with Crippen molar-refractivity contribution in [1.82, 2.24) is 5.32 Å². The number of ether oxygens (including phenoxy) is 1. The summed E-state index contributed by atoms with van der Waals surface area (Å²) in [6, 6.07) is 5.72. The van der Waals surface area contributed by atoms with Gasteiger partial charge in [0.15, 0.2) is 0 Å². The van der Waals surface area contributed by atoms with Crippen LogP contribution < -0.4 is 10.1 Å². The van der Waals surface area contributed by atoms with Gasteiger partial charge in [-0.1, -0.05) is 6.92 Å². The molecule has 0 saturated heterocycles. The number of amides is 1. The Kier molecular flexibility index (Phi) is 5.01. The Morgan fingerprint density at radius 1 is 1.41 bits per heavy atom. The lowest BCUT2D eigenvalue weighted by molar-refractivity contribution is 0.0939. The molecule has 0 fully saturated rings. The molecule has 1 amide bonds. The van der Waals surface area contributed by atoms with Gasteiger partial charge in [0.05, 0.1) is 6.61 Å².